The van der Waals surface area contributed by atoms with Gasteiger partial charge in [0.1, 0.15) is 0 Å². The molecule has 0 spiro atoms. The van der Waals surface area contributed by atoms with E-state index < -0.39 is 0 Å². The van der Waals surface area contributed by atoms with E-state index in [0.717, 1.165) is 39.1 Å². The van der Waals surface area contributed by atoms with E-state index in [2.05, 4.69) is 19.2 Å². The highest BCUT2D eigenvalue weighted by Gasteiger charge is 2.22. The Bertz CT molecular complexity index is 221. The van der Waals surface area contributed by atoms with Crippen molar-refractivity contribution >= 4 is 5.91 Å². The number of rotatable bonds is 7. The molecular formula is C12H24N2O2. The van der Waals surface area contributed by atoms with Crippen LogP contribution in [0.4, 0.5) is 0 Å². The molecule has 1 aliphatic heterocycles. The lowest BCUT2D eigenvalue weighted by molar-refractivity contribution is -0.128. The third kappa shape index (κ3) is 4.49. The number of ether oxygens (including phenoxy) is 1. The first-order valence-corrected chi connectivity index (χ1v) is 6.25. The molecule has 16 heavy (non-hydrogen) atoms. The van der Waals surface area contributed by atoms with Crippen molar-refractivity contribution in [2.24, 2.45) is 0 Å². The van der Waals surface area contributed by atoms with Gasteiger partial charge in [0.2, 0.25) is 5.91 Å². The highest BCUT2D eigenvalue weighted by Crippen LogP contribution is 2.09. The van der Waals surface area contributed by atoms with Crippen LogP contribution in [0.25, 0.3) is 0 Å². The lowest BCUT2D eigenvalue weighted by atomic mass is 10.2. The maximum atomic E-state index is 11.4. The number of likely N-dealkylation sites (tertiary alicyclic amines) is 1. The van der Waals surface area contributed by atoms with Gasteiger partial charge in [-0.05, 0) is 27.2 Å². The number of carbonyl (C=O) groups excluding carboxylic acids is 1. The van der Waals surface area contributed by atoms with Gasteiger partial charge >= 0.3 is 0 Å². The summed E-state index contributed by atoms with van der Waals surface area (Å²) in [6.07, 6.45) is 1.74. The largest absolute Gasteiger partial charge is 0.380 e. The van der Waals surface area contributed by atoms with Crippen LogP contribution in [0.3, 0.4) is 0 Å². The quantitative estimate of drug-likeness (QED) is 0.707. The highest BCUT2D eigenvalue weighted by atomic mass is 16.5. The first-order chi connectivity index (χ1) is 7.63. The van der Waals surface area contributed by atoms with E-state index >= 15 is 0 Å². The van der Waals surface area contributed by atoms with E-state index in [-0.39, 0.29) is 0 Å². The molecule has 1 rings (SSSR count). The van der Waals surface area contributed by atoms with Gasteiger partial charge in [-0.15, -0.1) is 0 Å². The summed E-state index contributed by atoms with van der Waals surface area (Å²) >= 11 is 0. The normalized spacial score (nSPS) is 20.2. The van der Waals surface area contributed by atoms with Gasteiger partial charge in [0.15, 0.2) is 0 Å². The molecule has 0 saturated carbocycles. The average Bonchev–Trinajstić information content (AvgIpc) is 2.61. The standard InChI is InChI=1S/C12H24N2O2/c1-4-16-9-11(3)13-10(2)8-14-7-5-6-12(14)15/h10-11,13H,4-9H2,1-3H3. The summed E-state index contributed by atoms with van der Waals surface area (Å²) in [4.78, 5) is 13.4. The van der Waals surface area contributed by atoms with Crippen molar-refractivity contribution in [2.75, 3.05) is 26.3 Å². The summed E-state index contributed by atoms with van der Waals surface area (Å²) in [6.45, 7) is 9.45. The van der Waals surface area contributed by atoms with Crippen LogP contribution in [0, 0.1) is 0 Å². The fraction of sp³-hybridized carbons (Fsp3) is 0.917. The molecule has 1 N–H and O–H groups in total. The average molecular weight is 228 g/mol. The Morgan fingerprint density at radius 1 is 1.44 bits per heavy atom. The van der Waals surface area contributed by atoms with Crippen LogP contribution in [0.15, 0.2) is 0 Å². The molecule has 0 aromatic heterocycles. The van der Waals surface area contributed by atoms with Crippen molar-refractivity contribution in [1.82, 2.24) is 10.2 Å². The molecule has 0 bridgehead atoms. The Labute approximate surface area is 98.3 Å². The molecule has 1 aliphatic rings. The van der Waals surface area contributed by atoms with Gasteiger partial charge in [0.05, 0.1) is 6.61 Å². The Morgan fingerprint density at radius 2 is 2.19 bits per heavy atom. The van der Waals surface area contributed by atoms with Crippen molar-refractivity contribution < 1.29 is 9.53 Å². The third-order valence-corrected chi connectivity index (χ3v) is 2.81. The van der Waals surface area contributed by atoms with Crippen molar-refractivity contribution in [1.29, 1.82) is 0 Å². The molecule has 2 atom stereocenters. The van der Waals surface area contributed by atoms with Crippen LogP contribution in [0.2, 0.25) is 0 Å². The van der Waals surface area contributed by atoms with Crippen LogP contribution in [0.1, 0.15) is 33.6 Å². The summed E-state index contributed by atoms with van der Waals surface area (Å²) in [7, 11) is 0. The highest BCUT2D eigenvalue weighted by molar-refractivity contribution is 5.78. The predicted molar refractivity (Wildman–Crippen MR) is 64.4 cm³/mol. The third-order valence-electron chi connectivity index (χ3n) is 2.81. The second-order valence-corrected chi connectivity index (χ2v) is 4.57. The number of nitrogens with one attached hydrogen (secondary N) is 1. The zero-order valence-electron chi connectivity index (χ0n) is 10.7. The summed E-state index contributed by atoms with van der Waals surface area (Å²) in [5.41, 5.74) is 0. The maximum absolute atomic E-state index is 11.4. The van der Waals surface area contributed by atoms with E-state index in [4.69, 9.17) is 4.74 Å². The SMILES string of the molecule is CCOCC(C)NC(C)CN1CCCC1=O. The number of carbonyl (C=O) groups is 1. The summed E-state index contributed by atoms with van der Waals surface area (Å²) < 4.78 is 5.34. The molecule has 1 amide bonds. The van der Waals surface area contributed by atoms with E-state index in [1.54, 1.807) is 0 Å². The van der Waals surface area contributed by atoms with Crippen LogP contribution >= 0.6 is 0 Å². The lowest BCUT2D eigenvalue weighted by Crippen LogP contribution is -2.44. The summed E-state index contributed by atoms with van der Waals surface area (Å²) in [6, 6.07) is 0.671. The molecule has 2 unspecified atom stereocenters. The Morgan fingerprint density at radius 3 is 2.75 bits per heavy atom. The first-order valence-electron chi connectivity index (χ1n) is 6.25. The fourth-order valence-electron chi connectivity index (χ4n) is 2.11. The second-order valence-electron chi connectivity index (χ2n) is 4.57. The van der Waals surface area contributed by atoms with Crippen LogP contribution in [0.5, 0.6) is 0 Å². The van der Waals surface area contributed by atoms with Crippen LogP contribution in [-0.2, 0) is 9.53 Å². The smallest absolute Gasteiger partial charge is 0.222 e. The minimum Gasteiger partial charge on any atom is -0.380 e. The molecule has 0 radical (unpaired) electrons. The lowest BCUT2D eigenvalue weighted by Gasteiger charge is -2.24. The molecule has 4 heteroatoms. The molecule has 1 saturated heterocycles. The summed E-state index contributed by atoms with van der Waals surface area (Å²) in [5, 5.41) is 3.44. The van der Waals surface area contributed by atoms with Gasteiger partial charge in [-0.1, -0.05) is 0 Å². The maximum Gasteiger partial charge on any atom is 0.222 e. The number of hydrogen-bond donors (Lipinski definition) is 1. The predicted octanol–water partition coefficient (Wildman–Crippen LogP) is 1.01. The van der Waals surface area contributed by atoms with Crippen molar-refractivity contribution in [3.8, 4) is 0 Å². The minimum atomic E-state index is 0.297. The van der Waals surface area contributed by atoms with Crippen molar-refractivity contribution in [3.63, 3.8) is 0 Å². The number of amides is 1. The minimum absolute atomic E-state index is 0.297. The molecule has 1 heterocycles. The second kappa shape index (κ2) is 6.86. The van der Waals surface area contributed by atoms with Crippen LogP contribution in [-0.4, -0.2) is 49.2 Å². The fourth-order valence-corrected chi connectivity index (χ4v) is 2.11. The van der Waals surface area contributed by atoms with Gasteiger partial charge in [0.25, 0.3) is 0 Å². The zero-order valence-corrected chi connectivity index (χ0v) is 10.7. The van der Waals surface area contributed by atoms with Crippen molar-refractivity contribution in [2.45, 2.75) is 45.7 Å². The first kappa shape index (κ1) is 13.5. The molecule has 0 aromatic rings. The van der Waals surface area contributed by atoms with Gasteiger partial charge < -0.3 is 15.0 Å². The number of nitrogens with zero attached hydrogens (tertiary/aromatic N) is 1. The zero-order chi connectivity index (χ0) is 12.0. The molecule has 0 aliphatic carbocycles. The molecule has 1 fully saturated rings. The van der Waals surface area contributed by atoms with E-state index in [1.165, 1.54) is 0 Å². The van der Waals surface area contributed by atoms with E-state index in [0.29, 0.717) is 18.0 Å². The Hall–Kier alpha value is -0.610. The molecule has 4 nitrogen and oxygen atoms in total. The van der Waals surface area contributed by atoms with Gasteiger partial charge in [-0.2, -0.15) is 0 Å². The Kier molecular flexibility index (Phi) is 5.77. The van der Waals surface area contributed by atoms with E-state index in [9.17, 15) is 4.79 Å². The van der Waals surface area contributed by atoms with Gasteiger partial charge in [0, 0.05) is 38.2 Å². The molecule has 0 aromatic carbocycles. The van der Waals surface area contributed by atoms with E-state index in [1.807, 2.05) is 11.8 Å². The van der Waals surface area contributed by atoms with Crippen molar-refractivity contribution in [3.05, 3.63) is 0 Å². The van der Waals surface area contributed by atoms with Crippen LogP contribution < -0.4 is 5.32 Å². The Balaban J connectivity index is 2.19. The van der Waals surface area contributed by atoms with Gasteiger partial charge in [-0.3, -0.25) is 4.79 Å². The van der Waals surface area contributed by atoms with Gasteiger partial charge in [-0.25, -0.2) is 0 Å². The monoisotopic (exact) mass is 228 g/mol. The number of hydrogen-bond acceptors (Lipinski definition) is 3. The molecule has 94 valence electrons. The molecular weight excluding hydrogens is 204 g/mol. The summed E-state index contributed by atoms with van der Waals surface area (Å²) in [5.74, 6) is 0.297. The topological polar surface area (TPSA) is 41.6 Å².